The molecule has 6 heteroatoms. The van der Waals surface area contributed by atoms with Crippen molar-refractivity contribution < 1.29 is 9.90 Å². The number of piperidine rings is 1. The van der Waals surface area contributed by atoms with Crippen molar-refractivity contribution in [3.05, 3.63) is 22.7 Å². The van der Waals surface area contributed by atoms with Crippen molar-refractivity contribution in [3.8, 4) is 0 Å². The summed E-state index contributed by atoms with van der Waals surface area (Å²) in [4.78, 5) is 31.1. The zero-order chi connectivity index (χ0) is 13.2. The second-order valence-corrected chi connectivity index (χ2v) is 4.70. The van der Waals surface area contributed by atoms with Gasteiger partial charge in [-0.25, -0.2) is 4.98 Å². The number of anilines is 1. The largest absolute Gasteiger partial charge is 0.481 e. The summed E-state index contributed by atoms with van der Waals surface area (Å²) in [7, 11) is 0. The van der Waals surface area contributed by atoms with Gasteiger partial charge < -0.3 is 15.0 Å². The van der Waals surface area contributed by atoms with E-state index in [1.807, 2.05) is 11.8 Å². The van der Waals surface area contributed by atoms with Crippen molar-refractivity contribution >= 4 is 11.8 Å². The molecule has 0 radical (unpaired) electrons. The van der Waals surface area contributed by atoms with Gasteiger partial charge in [-0.15, -0.1) is 0 Å². The fourth-order valence-electron chi connectivity index (χ4n) is 2.41. The Hall–Kier alpha value is -1.85. The number of H-pyrrole nitrogens is 1. The maximum atomic E-state index is 11.3. The monoisotopic (exact) mass is 251 g/mol. The van der Waals surface area contributed by atoms with Gasteiger partial charge in [-0.1, -0.05) is 6.92 Å². The first-order valence-corrected chi connectivity index (χ1v) is 6.10. The quantitative estimate of drug-likeness (QED) is 0.831. The van der Waals surface area contributed by atoms with Gasteiger partial charge in [-0.2, -0.15) is 0 Å². The van der Waals surface area contributed by atoms with Crippen LogP contribution >= 0.6 is 0 Å². The summed E-state index contributed by atoms with van der Waals surface area (Å²) in [6.07, 6.45) is 3.19. The highest BCUT2D eigenvalue weighted by Gasteiger charge is 2.40. The molecular weight excluding hydrogens is 234 g/mol. The highest BCUT2D eigenvalue weighted by Crippen LogP contribution is 2.35. The molecule has 0 aliphatic carbocycles. The summed E-state index contributed by atoms with van der Waals surface area (Å²) in [5.41, 5.74) is -0.803. The number of carboxylic acid groups (broad SMARTS) is 1. The third-order valence-corrected chi connectivity index (χ3v) is 3.84. The normalized spacial score (nSPS) is 18.6. The first-order valence-electron chi connectivity index (χ1n) is 6.10. The molecule has 6 nitrogen and oxygen atoms in total. The van der Waals surface area contributed by atoms with Crippen molar-refractivity contribution in [1.82, 2.24) is 9.97 Å². The summed E-state index contributed by atoms with van der Waals surface area (Å²) >= 11 is 0. The standard InChI is InChI=1S/C12H17N3O3/c1-2-12(11(17)18)3-5-15(6-4-12)9-7-10(16)14-8-13-9/h7-8H,2-6H2,1H3,(H,17,18)(H,13,14,16). The molecule has 0 aromatic carbocycles. The SMILES string of the molecule is CCC1(C(=O)O)CCN(c2cc(=O)[nH]cn2)CC1. The Morgan fingerprint density at radius 1 is 1.56 bits per heavy atom. The third kappa shape index (κ3) is 2.23. The molecule has 1 fully saturated rings. The first-order chi connectivity index (χ1) is 8.57. The van der Waals surface area contributed by atoms with Gasteiger partial charge in [0.05, 0.1) is 11.7 Å². The average Bonchev–Trinajstić information content (AvgIpc) is 2.38. The van der Waals surface area contributed by atoms with Gasteiger partial charge in [-0.3, -0.25) is 9.59 Å². The minimum atomic E-state index is -0.719. The number of carbonyl (C=O) groups is 1. The predicted octanol–water partition coefficient (Wildman–Crippen LogP) is 0.851. The smallest absolute Gasteiger partial charge is 0.309 e. The molecule has 1 saturated heterocycles. The van der Waals surface area contributed by atoms with E-state index in [-0.39, 0.29) is 5.56 Å². The molecule has 0 unspecified atom stereocenters. The van der Waals surface area contributed by atoms with Crippen molar-refractivity contribution in [2.24, 2.45) is 5.41 Å². The second-order valence-electron chi connectivity index (χ2n) is 4.70. The van der Waals surface area contributed by atoms with E-state index < -0.39 is 11.4 Å². The van der Waals surface area contributed by atoms with Crippen LogP contribution < -0.4 is 10.5 Å². The third-order valence-electron chi connectivity index (χ3n) is 3.84. The summed E-state index contributed by atoms with van der Waals surface area (Å²) < 4.78 is 0. The zero-order valence-electron chi connectivity index (χ0n) is 10.3. The van der Waals surface area contributed by atoms with Crippen molar-refractivity contribution in [2.75, 3.05) is 18.0 Å². The first kappa shape index (κ1) is 12.6. The lowest BCUT2D eigenvalue weighted by Gasteiger charge is -2.38. The molecule has 0 spiro atoms. The van der Waals surface area contributed by atoms with Gasteiger partial charge >= 0.3 is 5.97 Å². The predicted molar refractivity (Wildman–Crippen MR) is 66.7 cm³/mol. The summed E-state index contributed by atoms with van der Waals surface area (Å²) in [5.74, 6) is -0.0997. The van der Waals surface area contributed by atoms with Gasteiger partial charge in [-0.05, 0) is 19.3 Å². The van der Waals surface area contributed by atoms with E-state index in [1.165, 1.54) is 12.4 Å². The summed E-state index contributed by atoms with van der Waals surface area (Å²) in [6, 6.07) is 1.44. The Bertz CT molecular complexity index is 489. The lowest BCUT2D eigenvalue weighted by molar-refractivity contribution is -0.150. The van der Waals surface area contributed by atoms with Gasteiger partial charge in [0.2, 0.25) is 0 Å². The molecule has 1 aromatic rings. The molecule has 0 bridgehead atoms. The number of hydrogen-bond donors (Lipinski definition) is 2. The van der Waals surface area contributed by atoms with Gasteiger partial charge in [0, 0.05) is 19.2 Å². The fraction of sp³-hybridized carbons (Fsp3) is 0.583. The van der Waals surface area contributed by atoms with Crippen LogP contribution in [0.15, 0.2) is 17.2 Å². The number of carboxylic acids is 1. The Labute approximate surface area is 105 Å². The molecule has 0 atom stereocenters. The molecule has 0 saturated carbocycles. The van der Waals surface area contributed by atoms with E-state index >= 15 is 0 Å². The lowest BCUT2D eigenvalue weighted by atomic mass is 9.76. The summed E-state index contributed by atoms with van der Waals surface area (Å²) in [6.45, 7) is 3.16. The van der Waals surface area contributed by atoms with Crippen LogP contribution in [-0.4, -0.2) is 34.1 Å². The number of nitrogens with one attached hydrogen (secondary N) is 1. The van der Waals surface area contributed by atoms with Crippen molar-refractivity contribution in [1.29, 1.82) is 0 Å². The summed E-state index contributed by atoms with van der Waals surface area (Å²) in [5, 5.41) is 9.30. The van der Waals surface area contributed by atoms with Crippen LogP contribution in [0, 0.1) is 5.41 Å². The molecule has 2 rings (SSSR count). The van der Waals surface area contributed by atoms with E-state index in [4.69, 9.17) is 0 Å². The van der Waals surface area contributed by atoms with Crippen LogP contribution in [-0.2, 0) is 4.79 Å². The molecule has 1 aromatic heterocycles. The van der Waals surface area contributed by atoms with E-state index in [2.05, 4.69) is 9.97 Å². The Balaban J connectivity index is 2.11. The number of hydrogen-bond acceptors (Lipinski definition) is 4. The van der Waals surface area contributed by atoms with E-state index in [9.17, 15) is 14.7 Å². The second kappa shape index (κ2) is 4.80. The van der Waals surface area contributed by atoms with E-state index in [0.717, 1.165) is 0 Å². The highest BCUT2D eigenvalue weighted by molar-refractivity contribution is 5.75. The number of aliphatic carboxylic acids is 1. The van der Waals surface area contributed by atoms with Crippen molar-refractivity contribution in [2.45, 2.75) is 26.2 Å². The fourth-order valence-corrected chi connectivity index (χ4v) is 2.41. The van der Waals surface area contributed by atoms with E-state index in [1.54, 1.807) is 0 Å². The Morgan fingerprint density at radius 3 is 2.72 bits per heavy atom. The topological polar surface area (TPSA) is 86.3 Å². The maximum Gasteiger partial charge on any atom is 0.309 e. The lowest BCUT2D eigenvalue weighted by Crippen LogP contribution is -2.44. The molecule has 2 heterocycles. The number of nitrogens with zero attached hydrogens (tertiary/aromatic N) is 2. The highest BCUT2D eigenvalue weighted by atomic mass is 16.4. The molecule has 1 aliphatic rings. The van der Waals surface area contributed by atoms with Crippen LogP contribution in [0.5, 0.6) is 0 Å². The van der Waals surface area contributed by atoms with Crippen LogP contribution in [0.3, 0.4) is 0 Å². The van der Waals surface area contributed by atoms with Gasteiger partial charge in [0.15, 0.2) is 0 Å². The molecule has 0 amide bonds. The van der Waals surface area contributed by atoms with Crippen LogP contribution in [0.1, 0.15) is 26.2 Å². The van der Waals surface area contributed by atoms with Crippen LogP contribution in [0.4, 0.5) is 5.82 Å². The van der Waals surface area contributed by atoms with Crippen LogP contribution in [0.2, 0.25) is 0 Å². The molecule has 1 aliphatic heterocycles. The molecule has 98 valence electrons. The molecular formula is C12H17N3O3. The van der Waals surface area contributed by atoms with Gasteiger partial charge in [0.25, 0.3) is 5.56 Å². The minimum Gasteiger partial charge on any atom is -0.481 e. The minimum absolute atomic E-state index is 0.189. The molecule has 18 heavy (non-hydrogen) atoms. The molecule has 2 N–H and O–H groups in total. The number of aromatic nitrogens is 2. The average molecular weight is 251 g/mol. The van der Waals surface area contributed by atoms with Crippen LogP contribution in [0.25, 0.3) is 0 Å². The van der Waals surface area contributed by atoms with Gasteiger partial charge in [0.1, 0.15) is 5.82 Å². The number of rotatable bonds is 3. The maximum absolute atomic E-state index is 11.3. The zero-order valence-corrected chi connectivity index (χ0v) is 10.3. The Morgan fingerprint density at radius 2 is 2.22 bits per heavy atom. The van der Waals surface area contributed by atoms with E-state index in [0.29, 0.717) is 38.2 Å². The van der Waals surface area contributed by atoms with Crippen molar-refractivity contribution in [3.63, 3.8) is 0 Å². The Kier molecular flexibility index (Phi) is 3.36. The number of aromatic amines is 1.